The van der Waals surface area contributed by atoms with Crippen molar-refractivity contribution in [3.63, 3.8) is 0 Å². The van der Waals surface area contributed by atoms with E-state index >= 15 is 0 Å². The van der Waals surface area contributed by atoms with Crippen molar-refractivity contribution < 1.29 is 0 Å². The van der Waals surface area contributed by atoms with Gasteiger partial charge in [0.25, 0.3) is 0 Å². The molecule has 2 fully saturated rings. The summed E-state index contributed by atoms with van der Waals surface area (Å²) in [4.78, 5) is 2.46. The van der Waals surface area contributed by atoms with Crippen molar-refractivity contribution in [1.82, 2.24) is 5.32 Å². The van der Waals surface area contributed by atoms with Crippen LogP contribution in [0.2, 0.25) is 5.02 Å². The molecular weight excluding hydrogens is 268 g/mol. The van der Waals surface area contributed by atoms with Crippen LogP contribution in [0.5, 0.6) is 0 Å². The summed E-state index contributed by atoms with van der Waals surface area (Å²) in [6.45, 7) is 6.59. The monoisotopic (exact) mass is 292 g/mol. The van der Waals surface area contributed by atoms with Crippen molar-refractivity contribution >= 4 is 17.3 Å². The van der Waals surface area contributed by atoms with Crippen molar-refractivity contribution in [3.8, 4) is 0 Å². The summed E-state index contributed by atoms with van der Waals surface area (Å²) >= 11 is 6.53. The SMILES string of the molecule is CC(C)N(CC1CC1)c1ccc(CNC2CC2)cc1Cl. The maximum Gasteiger partial charge on any atom is 0.0642 e. The first-order valence-electron chi connectivity index (χ1n) is 7.92. The van der Waals surface area contributed by atoms with E-state index in [1.807, 2.05) is 0 Å². The average molecular weight is 293 g/mol. The first kappa shape index (κ1) is 14.2. The van der Waals surface area contributed by atoms with Crippen molar-refractivity contribution in [2.45, 2.75) is 58.2 Å². The minimum absolute atomic E-state index is 0.503. The molecule has 0 aliphatic heterocycles. The van der Waals surface area contributed by atoms with Gasteiger partial charge in [0.05, 0.1) is 10.7 Å². The highest BCUT2D eigenvalue weighted by molar-refractivity contribution is 6.33. The zero-order valence-corrected chi connectivity index (χ0v) is 13.3. The van der Waals surface area contributed by atoms with Crippen LogP contribution in [0.15, 0.2) is 18.2 Å². The molecule has 2 aliphatic rings. The van der Waals surface area contributed by atoms with Crippen LogP contribution in [0.4, 0.5) is 5.69 Å². The number of anilines is 1. The zero-order chi connectivity index (χ0) is 14.1. The highest BCUT2D eigenvalue weighted by Gasteiger charge is 2.26. The maximum absolute atomic E-state index is 6.53. The number of nitrogens with one attached hydrogen (secondary N) is 1. The predicted octanol–water partition coefficient (Wildman–Crippen LogP) is 4.22. The molecule has 2 aliphatic carbocycles. The minimum atomic E-state index is 0.503. The van der Waals surface area contributed by atoms with Crippen LogP contribution in [-0.4, -0.2) is 18.6 Å². The van der Waals surface area contributed by atoms with Gasteiger partial charge < -0.3 is 10.2 Å². The summed E-state index contributed by atoms with van der Waals surface area (Å²) in [6.07, 6.45) is 5.41. The van der Waals surface area contributed by atoms with Crippen molar-refractivity contribution in [2.75, 3.05) is 11.4 Å². The summed E-state index contributed by atoms with van der Waals surface area (Å²) in [6, 6.07) is 7.81. The van der Waals surface area contributed by atoms with Gasteiger partial charge in [-0.25, -0.2) is 0 Å². The first-order chi connectivity index (χ1) is 9.63. The van der Waals surface area contributed by atoms with Crippen LogP contribution < -0.4 is 10.2 Å². The highest BCUT2D eigenvalue weighted by atomic mass is 35.5. The number of rotatable bonds is 7. The van der Waals surface area contributed by atoms with Gasteiger partial charge in [0.1, 0.15) is 0 Å². The molecule has 0 atom stereocenters. The lowest BCUT2D eigenvalue weighted by Gasteiger charge is -2.30. The summed E-state index contributed by atoms with van der Waals surface area (Å²) in [5, 5.41) is 4.44. The molecule has 1 aromatic rings. The van der Waals surface area contributed by atoms with E-state index < -0.39 is 0 Å². The maximum atomic E-state index is 6.53. The van der Waals surface area contributed by atoms with E-state index in [-0.39, 0.29) is 0 Å². The van der Waals surface area contributed by atoms with Crippen LogP contribution in [-0.2, 0) is 6.54 Å². The first-order valence-corrected chi connectivity index (χ1v) is 8.29. The lowest BCUT2D eigenvalue weighted by atomic mass is 10.1. The largest absolute Gasteiger partial charge is 0.368 e. The van der Waals surface area contributed by atoms with Gasteiger partial charge >= 0.3 is 0 Å². The third-order valence-electron chi connectivity index (χ3n) is 4.27. The van der Waals surface area contributed by atoms with Crippen LogP contribution in [0, 0.1) is 5.92 Å². The van der Waals surface area contributed by atoms with Gasteiger partial charge in [-0.05, 0) is 63.1 Å². The molecular formula is C17H25ClN2. The quantitative estimate of drug-likeness (QED) is 0.809. The summed E-state index contributed by atoms with van der Waals surface area (Å²) in [5.74, 6) is 0.879. The van der Waals surface area contributed by atoms with Gasteiger partial charge in [0, 0.05) is 25.2 Å². The number of hydrogen-bond donors (Lipinski definition) is 1. The Balaban J connectivity index is 1.69. The lowest BCUT2D eigenvalue weighted by molar-refractivity contribution is 0.644. The van der Waals surface area contributed by atoms with Crippen molar-refractivity contribution in [2.24, 2.45) is 5.92 Å². The Hall–Kier alpha value is -0.730. The number of nitrogens with zero attached hydrogens (tertiary/aromatic N) is 1. The van der Waals surface area contributed by atoms with E-state index in [1.165, 1.54) is 36.9 Å². The fraction of sp³-hybridized carbons (Fsp3) is 0.647. The van der Waals surface area contributed by atoms with E-state index in [4.69, 9.17) is 11.6 Å². The molecule has 2 nitrogen and oxygen atoms in total. The van der Waals surface area contributed by atoms with Crippen LogP contribution in [0.25, 0.3) is 0 Å². The van der Waals surface area contributed by atoms with E-state index in [0.717, 1.165) is 30.1 Å². The zero-order valence-electron chi connectivity index (χ0n) is 12.5. The molecule has 1 aromatic carbocycles. The number of halogens is 1. The van der Waals surface area contributed by atoms with Gasteiger partial charge in [-0.2, -0.15) is 0 Å². The topological polar surface area (TPSA) is 15.3 Å². The second-order valence-electron chi connectivity index (χ2n) is 6.63. The van der Waals surface area contributed by atoms with E-state index in [0.29, 0.717) is 6.04 Å². The fourth-order valence-corrected chi connectivity index (χ4v) is 2.92. The van der Waals surface area contributed by atoms with E-state index in [1.54, 1.807) is 0 Å². The number of hydrogen-bond acceptors (Lipinski definition) is 2. The molecule has 0 spiro atoms. The summed E-state index contributed by atoms with van der Waals surface area (Å²) in [5.41, 5.74) is 2.49. The number of benzene rings is 1. The molecule has 0 heterocycles. The summed E-state index contributed by atoms with van der Waals surface area (Å²) < 4.78 is 0. The molecule has 0 amide bonds. The molecule has 2 saturated carbocycles. The Bertz CT molecular complexity index is 464. The predicted molar refractivity (Wildman–Crippen MR) is 86.5 cm³/mol. The average Bonchev–Trinajstić information content (AvgIpc) is 3.28. The Morgan fingerprint density at radius 1 is 1.25 bits per heavy atom. The summed E-state index contributed by atoms with van der Waals surface area (Å²) in [7, 11) is 0. The van der Waals surface area contributed by atoms with Crippen molar-refractivity contribution in [3.05, 3.63) is 28.8 Å². The second-order valence-corrected chi connectivity index (χ2v) is 7.04. The van der Waals surface area contributed by atoms with Crippen molar-refractivity contribution in [1.29, 1.82) is 0 Å². The Kier molecular flexibility index (Phi) is 4.23. The van der Waals surface area contributed by atoms with Crippen LogP contribution >= 0.6 is 11.6 Å². The molecule has 3 rings (SSSR count). The molecule has 20 heavy (non-hydrogen) atoms. The van der Waals surface area contributed by atoms with E-state index in [9.17, 15) is 0 Å². The normalized spacial score (nSPS) is 18.6. The van der Waals surface area contributed by atoms with Gasteiger partial charge in [0.2, 0.25) is 0 Å². The molecule has 0 aromatic heterocycles. The van der Waals surface area contributed by atoms with Gasteiger partial charge in [-0.1, -0.05) is 17.7 Å². The van der Waals surface area contributed by atoms with Gasteiger partial charge in [0.15, 0.2) is 0 Å². The minimum Gasteiger partial charge on any atom is -0.368 e. The third kappa shape index (κ3) is 3.67. The second kappa shape index (κ2) is 5.95. The fourth-order valence-electron chi connectivity index (χ4n) is 2.61. The van der Waals surface area contributed by atoms with Gasteiger partial charge in [-0.3, -0.25) is 0 Å². The molecule has 110 valence electrons. The molecule has 0 saturated heterocycles. The Morgan fingerprint density at radius 3 is 2.55 bits per heavy atom. The lowest BCUT2D eigenvalue weighted by Crippen LogP contribution is -2.33. The van der Waals surface area contributed by atoms with Crippen LogP contribution in [0.3, 0.4) is 0 Å². The molecule has 0 bridgehead atoms. The Morgan fingerprint density at radius 2 is 2.00 bits per heavy atom. The third-order valence-corrected chi connectivity index (χ3v) is 4.57. The Labute approximate surface area is 127 Å². The molecule has 0 radical (unpaired) electrons. The molecule has 3 heteroatoms. The van der Waals surface area contributed by atoms with Gasteiger partial charge in [-0.15, -0.1) is 0 Å². The highest BCUT2D eigenvalue weighted by Crippen LogP contribution is 2.35. The molecule has 0 unspecified atom stereocenters. The standard InChI is InChI=1S/C17H25ClN2/c1-12(2)20(11-13-3-4-13)17-8-5-14(9-16(17)18)10-19-15-6-7-15/h5,8-9,12-13,15,19H,3-4,6-7,10-11H2,1-2H3. The van der Waals surface area contributed by atoms with E-state index in [2.05, 4.69) is 42.3 Å². The smallest absolute Gasteiger partial charge is 0.0642 e. The van der Waals surface area contributed by atoms with Crippen LogP contribution in [0.1, 0.15) is 45.1 Å². The molecule has 1 N–H and O–H groups in total.